The molecule has 9 heteroatoms. The molecule has 0 rings (SSSR count). The summed E-state index contributed by atoms with van der Waals surface area (Å²) in [7, 11) is 0. The van der Waals surface area contributed by atoms with E-state index in [1.165, 1.54) is 0 Å². The largest absolute Gasteiger partial charge is 1.00 e. The summed E-state index contributed by atoms with van der Waals surface area (Å²) in [4.78, 5) is 19.1. The second-order valence-corrected chi connectivity index (χ2v) is 2.49. The summed E-state index contributed by atoms with van der Waals surface area (Å²) in [6, 6.07) is -0.816. The van der Waals surface area contributed by atoms with E-state index >= 15 is 0 Å². The number of rotatable bonds is 3. The number of carboxylic acid groups (broad SMARTS) is 2. The van der Waals surface area contributed by atoms with Crippen LogP contribution in [0.25, 0.3) is 0 Å². The van der Waals surface area contributed by atoms with Crippen molar-refractivity contribution in [2.45, 2.75) is 19.1 Å². The minimum atomic E-state index is -1.44. The van der Waals surface area contributed by atoms with Gasteiger partial charge in [-0.25, -0.2) is 0 Å². The van der Waals surface area contributed by atoms with Crippen molar-refractivity contribution < 1.29 is 54.5 Å². The number of carboxylic acids is 2. The Labute approximate surface area is 121 Å². The molecule has 0 fully saturated rings. The number of halogens is 1. The number of aliphatic hydroxyl groups excluding tert-OH is 1. The smallest absolute Gasteiger partial charge is 0.547 e. The van der Waals surface area contributed by atoms with Gasteiger partial charge in [0.05, 0.1) is 12.1 Å². The van der Waals surface area contributed by atoms with Crippen molar-refractivity contribution in [3.05, 3.63) is 0 Å². The van der Waals surface area contributed by atoms with Crippen LogP contribution >= 0.6 is 25.0 Å². The summed E-state index contributed by atoms with van der Waals surface area (Å²) in [5.41, 5.74) is 4.94. The van der Waals surface area contributed by atoms with E-state index in [4.69, 9.17) is 15.9 Å². The maximum absolute atomic E-state index is 9.76. The summed E-state index contributed by atoms with van der Waals surface area (Å²) < 4.78 is 0. The van der Waals surface area contributed by atoms with Gasteiger partial charge in [-0.2, -0.15) is 12.6 Å². The third-order valence-corrected chi connectivity index (χ3v) is 1.25. The van der Waals surface area contributed by atoms with Gasteiger partial charge < -0.3 is 25.8 Å². The van der Waals surface area contributed by atoms with Gasteiger partial charge in [-0.15, -0.1) is 12.4 Å². The topological polar surface area (TPSA) is 124 Å². The van der Waals surface area contributed by atoms with Crippen LogP contribution in [-0.4, -0.2) is 40.1 Å². The normalized spacial score (nSPS) is 11.7. The van der Waals surface area contributed by atoms with Crippen LogP contribution in [0.3, 0.4) is 0 Å². The van der Waals surface area contributed by atoms with Gasteiger partial charge in [-0.3, -0.25) is 4.79 Å². The molecule has 0 spiro atoms. The Morgan fingerprint density at radius 2 is 1.80 bits per heavy atom. The van der Waals surface area contributed by atoms with E-state index in [1.54, 1.807) is 0 Å². The quantitative estimate of drug-likeness (QED) is 0.300. The number of carbonyl (C=O) groups excluding carboxylic acids is 1. The van der Waals surface area contributed by atoms with Crippen molar-refractivity contribution in [2.24, 2.45) is 5.73 Å². The van der Waals surface area contributed by atoms with Gasteiger partial charge in [0.25, 0.3) is 0 Å². The Morgan fingerprint density at radius 3 is 1.80 bits per heavy atom. The van der Waals surface area contributed by atoms with Crippen LogP contribution in [0, 0.1) is 0 Å². The van der Waals surface area contributed by atoms with Crippen molar-refractivity contribution in [1.29, 1.82) is 0 Å². The Morgan fingerprint density at radius 1 is 1.53 bits per heavy atom. The van der Waals surface area contributed by atoms with Crippen molar-refractivity contribution in [1.82, 2.24) is 0 Å². The van der Waals surface area contributed by atoms with Gasteiger partial charge in [0.15, 0.2) is 0 Å². The maximum atomic E-state index is 9.76. The number of aliphatic hydroxyl groups is 1. The van der Waals surface area contributed by atoms with Gasteiger partial charge in [0, 0.05) is 5.75 Å². The molecule has 0 aromatic heterocycles. The second-order valence-electron chi connectivity index (χ2n) is 2.12. The summed E-state index contributed by atoms with van der Waals surface area (Å²) in [6.07, 6.45) is -1.34. The van der Waals surface area contributed by atoms with Gasteiger partial charge in [-0.05, 0) is 6.92 Å². The molecule has 0 aliphatic carbocycles. The number of hydrogen-bond acceptors (Lipinski definition) is 6. The standard InChI is InChI=1S/C3H7NO2S.C3H6O3.ClH.Na/c4-2(1-7)3(5)6;1-2(4)3(5)6;;/h2,7H,1,4H2,(H,5,6);2,4H,1H3,(H,5,6);1H;/q;;;+1/p-1. The van der Waals surface area contributed by atoms with Crippen LogP contribution < -0.4 is 40.4 Å². The number of aliphatic carboxylic acids is 2. The molecule has 2 unspecified atom stereocenters. The van der Waals surface area contributed by atoms with Gasteiger partial charge >= 0.3 is 35.5 Å². The average Bonchev–Trinajstić information content (AvgIpc) is 2.03. The second kappa shape index (κ2) is 14.5. The zero-order valence-corrected chi connectivity index (χ0v) is 12.1. The van der Waals surface area contributed by atoms with Crippen molar-refractivity contribution in [3.63, 3.8) is 0 Å². The molecule has 0 aromatic carbocycles. The maximum Gasteiger partial charge on any atom is 1.00 e. The molecule has 0 bridgehead atoms. The van der Waals surface area contributed by atoms with Crippen LogP contribution in [0.1, 0.15) is 6.92 Å². The molecule has 0 aliphatic heterocycles. The Kier molecular flexibility index (Phi) is 23.8. The number of thiol groups is 1. The molecule has 0 saturated heterocycles. The molecule has 4 N–H and O–H groups in total. The zero-order chi connectivity index (χ0) is 11.0. The molecule has 6 nitrogen and oxygen atoms in total. The van der Waals surface area contributed by atoms with E-state index in [0.29, 0.717) is 0 Å². The molecule has 0 aliphatic rings. The zero-order valence-electron chi connectivity index (χ0n) is 8.41. The first-order valence-electron chi connectivity index (χ1n) is 3.31. The fourth-order valence-electron chi connectivity index (χ4n) is 0.0781. The molecule has 0 saturated carbocycles. The first kappa shape index (κ1) is 24.6. The van der Waals surface area contributed by atoms with Crippen LogP contribution in [0.5, 0.6) is 0 Å². The first-order chi connectivity index (χ1) is 5.82. The predicted octanol–water partition coefficient (Wildman–Crippen LogP) is -5.13. The predicted molar refractivity (Wildman–Crippen MR) is 53.4 cm³/mol. The monoisotopic (exact) mass is 269 g/mol. The minimum Gasteiger partial charge on any atom is -0.547 e. The van der Waals surface area contributed by atoms with Gasteiger partial charge in [0.2, 0.25) is 0 Å². The summed E-state index contributed by atoms with van der Waals surface area (Å²) in [6.45, 7) is 1.13. The van der Waals surface area contributed by atoms with Crippen molar-refractivity contribution in [3.8, 4) is 0 Å². The van der Waals surface area contributed by atoms with Gasteiger partial charge in [-0.1, -0.05) is 0 Å². The Balaban J connectivity index is -0.0000000718. The average molecular weight is 270 g/mol. The molecule has 0 amide bonds. The van der Waals surface area contributed by atoms with Crippen molar-refractivity contribution in [2.75, 3.05) is 5.75 Å². The van der Waals surface area contributed by atoms with Gasteiger partial charge in [0.1, 0.15) is 6.04 Å². The number of nitrogens with two attached hydrogens (primary N) is 1. The summed E-state index contributed by atoms with van der Waals surface area (Å²) in [5.74, 6) is -2.25. The molecule has 0 radical (unpaired) electrons. The summed E-state index contributed by atoms with van der Waals surface area (Å²) >= 11 is 3.65. The van der Waals surface area contributed by atoms with Crippen molar-refractivity contribution >= 4 is 37.0 Å². The number of carbonyl (C=O) groups is 2. The van der Waals surface area contributed by atoms with Crippen LogP contribution in [-0.2, 0) is 9.59 Å². The van der Waals surface area contributed by atoms with Crippen LogP contribution in [0.15, 0.2) is 0 Å². The van der Waals surface area contributed by atoms with E-state index < -0.39 is 24.1 Å². The van der Waals surface area contributed by atoms with E-state index in [0.717, 1.165) is 6.92 Å². The van der Waals surface area contributed by atoms with E-state index in [-0.39, 0.29) is 47.7 Å². The molecule has 0 heterocycles. The fourth-order valence-corrected chi connectivity index (χ4v) is 0.234. The van der Waals surface area contributed by atoms with E-state index in [1.807, 2.05) is 0 Å². The third kappa shape index (κ3) is 20.5. The van der Waals surface area contributed by atoms with Crippen LogP contribution in [0.4, 0.5) is 0 Å². The molecule has 2 atom stereocenters. The number of hydrogen-bond donors (Lipinski definition) is 4. The fraction of sp³-hybridized carbons (Fsp3) is 0.667. The van der Waals surface area contributed by atoms with E-state index in [9.17, 15) is 14.7 Å². The van der Waals surface area contributed by atoms with Crippen LogP contribution in [0.2, 0.25) is 0 Å². The molecular formula is C6H13ClNNaO5S. The Bertz CT molecular complexity index is 183. The SMILES string of the molecule is CC(O)C(=O)[O-].Cl.NC(CS)C(=O)O.[Na+]. The third-order valence-electron chi connectivity index (χ3n) is 0.855. The minimum absolute atomic E-state index is 0. The van der Waals surface area contributed by atoms with E-state index in [2.05, 4.69) is 12.6 Å². The molecule has 15 heavy (non-hydrogen) atoms. The molecule has 86 valence electrons. The Hall–Kier alpha value is 0.500. The molecule has 0 aromatic rings. The molecular weight excluding hydrogens is 257 g/mol. The summed E-state index contributed by atoms with van der Waals surface area (Å²) in [5, 5.41) is 25.3. The first-order valence-corrected chi connectivity index (χ1v) is 3.94.